The second-order valence-corrected chi connectivity index (χ2v) is 4.84. The molecule has 0 spiro atoms. The Bertz CT molecular complexity index is 522. The smallest absolute Gasteiger partial charge is 0.166 e. The average molecular weight is 269 g/mol. The molecule has 0 saturated heterocycles. The van der Waals surface area contributed by atoms with Crippen LogP contribution in [0.1, 0.15) is 22.3 Å². The number of Topliss-reactive ketones (excluding diaryl/α,β-unsaturated/α-hetero) is 1. The van der Waals surface area contributed by atoms with Crippen molar-refractivity contribution in [2.45, 2.75) is 12.8 Å². The molecule has 1 aromatic heterocycles. The van der Waals surface area contributed by atoms with Crippen molar-refractivity contribution in [3.63, 3.8) is 0 Å². The first kappa shape index (κ1) is 12.3. The zero-order valence-electron chi connectivity index (χ0n) is 8.95. The maximum atomic E-state index is 13.6. The van der Waals surface area contributed by atoms with Crippen molar-refractivity contribution in [2.24, 2.45) is 0 Å². The summed E-state index contributed by atoms with van der Waals surface area (Å²) in [6, 6.07) is 6.46. The topological polar surface area (TPSA) is 17.1 Å². The Morgan fingerprint density at radius 2 is 2.18 bits per heavy atom. The predicted molar refractivity (Wildman–Crippen MR) is 68.4 cm³/mol. The number of ketones is 1. The third-order valence-corrected chi connectivity index (χ3v) is 3.50. The molecule has 0 aliphatic rings. The summed E-state index contributed by atoms with van der Waals surface area (Å²) in [7, 11) is 0. The maximum absolute atomic E-state index is 13.6. The lowest BCUT2D eigenvalue weighted by Crippen LogP contribution is -2.04. The molecule has 0 aliphatic heterocycles. The number of rotatable bonds is 4. The molecule has 0 fully saturated rings. The summed E-state index contributed by atoms with van der Waals surface area (Å²) in [6.45, 7) is 0. The van der Waals surface area contributed by atoms with E-state index in [0.717, 1.165) is 5.56 Å². The van der Waals surface area contributed by atoms with E-state index < -0.39 is 5.82 Å². The third kappa shape index (κ3) is 2.93. The van der Waals surface area contributed by atoms with Crippen LogP contribution < -0.4 is 0 Å². The van der Waals surface area contributed by atoms with Crippen LogP contribution in [0.15, 0.2) is 35.0 Å². The molecule has 1 nitrogen and oxygen atoms in total. The number of aryl methyl sites for hydroxylation is 1. The van der Waals surface area contributed by atoms with Crippen LogP contribution in [0, 0.1) is 5.82 Å². The van der Waals surface area contributed by atoms with Crippen molar-refractivity contribution in [1.82, 2.24) is 0 Å². The van der Waals surface area contributed by atoms with Crippen LogP contribution in [0.3, 0.4) is 0 Å². The molecule has 4 heteroatoms. The monoisotopic (exact) mass is 268 g/mol. The van der Waals surface area contributed by atoms with Crippen LogP contribution in [0.5, 0.6) is 0 Å². The summed E-state index contributed by atoms with van der Waals surface area (Å²) in [5.41, 5.74) is 1.18. The number of hydrogen-bond donors (Lipinski definition) is 0. The van der Waals surface area contributed by atoms with E-state index in [9.17, 15) is 9.18 Å². The summed E-state index contributed by atoms with van der Waals surface area (Å²) in [5.74, 6) is -0.833. The lowest BCUT2D eigenvalue weighted by atomic mass is 10.0. The van der Waals surface area contributed by atoms with Crippen molar-refractivity contribution < 1.29 is 9.18 Å². The molecule has 1 aromatic carbocycles. The van der Waals surface area contributed by atoms with Gasteiger partial charge in [0.05, 0.1) is 10.6 Å². The lowest BCUT2D eigenvalue weighted by Gasteiger charge is -2.03. The summed E-state index contributed by atoms with van der Waals surface area (Å²) < 4.78 is 13.6. The van der Waals surface area contributed by atoms with Crippen molar-refractivity contribution in [1.29, 1.82) is 0 Å². The quantitative estimate of drug-likeness (QED) is 0.753. The number of thiophene rings is 1. The number of halogens is 2. The molecule has 2 rings (SSSR count). The second kappa shape index (κ2) is 5.43. The van der Waals surface area contributed by atoms with Crippen LogP contribution in [-0.2, 0) is 6.42 Å². The highest BCUT2D eigenvalue weighted by Crippen LogP contribution is 2.20. The molecular formula is C13H10ClFOS. The van der Waals surface area contributed by atoms with Gasteiger partial charge in [0, 0.05) is 6.42 Å². The van der Waals surface area contributed by atoms with E-state index in [2.05, 4.69) is 0 Å². The Morgan fingerprint density at radius 1 is 1.35 bits per heavy atom. The van der Waals surface area contributed by atoms with E-state index in [1.54, 1.807) is 17.4 Å². The van der Waals surface area contributed by atoms with Gasteiger partial charge in [-0.2, -0.15) is 11.3 Å². The van der Waals surface area contributed by atoms with Gasteiger partial charge in [-0.1, -0.05) is 17.7 Å². The Balaban J connectivity index is 2.07. The third-order valence-electron chi connectivity index (χ3n) is 2.47. The van der Waals surface area contributed by atoms with E-state index in [1.165, 1.54) is 12.1 Å². The highest BCUT2D eigenvalue weighted by Gasteiger charge is 2.13. The van der Waals surface area contributed by atoms with Crippen LogP contribution >= 0.6 is 22.9 Å². The highest BCUT2D eigenvalue weighted by molar-refractivity contribution is 7.07. The number of carbonyl (C=O) groups is 1. The first-order valence-electron chi connectivity index (χ1n) is 5.17. The normalized spacial score (nSPS) is 10.5. The van der Waals surface area contributed by atoms with Gasteiger partial charge in [0.25, 0.3) is 0 Å². The highest BCUT2D eigenvalue weighted by atomic mass is 35.5. The lowest BCUT2D eigenvalue weighted by molar-refractivity contribution is 0.0979. The summed E-state index contributed by atoms with van der Waals surface area (Å²) >= 11 is 7.22. The molecule has 1 heterocycles. The average Bonchev–Trinajstić information content (AvgIpc) is 2.82. The Morgan fingerprint density at radius 3 is 2.88 bits per heavy atom. The maximum Gasteiger partial charge on any atom is 0.166 e. The fraction of sp³-hybridized carbons (Fsp3) is 0.154. The van der Waals surface area contributed by atoms with E-state index in [0.29, 0.717) is 12.8 Å². The van der Waals surface area contributed by atoms with Gasteiger partial charge in [-0.05, 0) is 40.9 Å². The molecule has 0 radical (unpaired) electrons. The largest absolute Gasteiger partial charge is 0.294 e. The van der Waals surface area contributed by atoms with Gasteiger partial charge >= 0.3 is 0 Å². The molecule has 0 N–H and O–H groups in total. The molecular weight excluding hydrogens is 259 g/mol. The zero-order chi connectivity index (χ0) is 12.3. The Labute approximate surface area is 108 Å². The molecule has 0 aliphatic carbocycles. The van der Waals surface area contributed by atoms with E-state index in [-0.39, 0.29) is 16.4 Å². The molecule has 0 unspecified atom stereocenters. The van der Waals surface area contributed by atoms with Crippen molar-refractivity contribution in [3.8, 4) is 0 Å². The van der Waals surface area contributed by atoms with Gasteiger partial charge in [0.1, 0.15) is 0 Å². The summed E-state index contributed by atoms with van der Waals surface area (Å²) in [5, 5.41) is 3.94. The van der Waals surface area contributed by atoms with Crippen molar-refractivity contribution in [2.75, 3.05) is 0 Å². The van der Waals surface area contributed by atoms with Gasteiger partial charge in [-0.15, -0.1) is 0 Å². The van der Waals surface area contributed by atoms with E-state index in [4.69, 9.17) is 11.6 Å². The van der Waals surface area contributed by atoms with Gasteiger partial charge < -0.3 is 0 Å². The van der Waals surface area contributed by atoms with E-state index >= 15 is 0 Å². The zero-order valence-corrected chi connectivity index (χ0v) is 10.5. The number of carbonyl (C=O) groups excluding carboxylic acids is 1. The van der Waals surface area contributed by atoms with Gasteiger partial charge in [-0.3, -0.25) is 4.79 Å². The molecule has 0 bridgehead atoms. The van der Waals surface area contributed by atoms with Crippen LogP contribution in [0.2, 0.25) is 5.02 Å². The van der Waals surface area contributed by atoms with E-state index in [1.807, 2.05) is 16.8 Å². The molecule has 17 heavy (non-hydrogen) atoms. The molecule has 88 valence electrons. The Kier molecular flexibility index (Phi) is 3.92. The molecule has 0 saturated carbocycles. The van der Waals surface area contributed by atoms with Gasteiger partial charge in [-0.25, -0.2) is 4.39 Å². The minimum Gasteiger partial charge on any atom is -0.294 e. The Hall–Kier alpha value is -1.19. The first-order valence-corrected chi connectivity index (χ1v) is 6.49. The van der Waals surface area contributed by atoms with Crippen LogP contribution in [-0.4, -0.2) is 5.78 Å². The van der Waals surface area contributed by atoms with Gasteiger partial charge in [0.2, 0.25) is 0 Å². The minimum absolute atomic E-state index is 0.00798. The molecule has 0 atom stereocenters. The van der Waals surface area contributed by atoms with Gasteiger partial charge in [0.15, 0.2) is 11.6 Å². The summed E-state index contributed by atoms with van der Waals surface area (Å²) in [4.78, 5) is 11.8. The SMILES string of the molecule is O=C(CCc1ccsc1)c1cccc(Cl)c1F. The number of benzene rings is 1. The fourth-order valence-corrected chi connectivity index (χ4v) is 2.42. The molecule has 0 amide bonds. The van der Waals surface area contributed by atoms with Crippen molar-refractivity contribution in [3.05, 3.63) is 57.0 Å². The predicted octanol–water partition coefficient (Wildman–Crippen LogP) is 4.36. The molecule has 2 aromatic rings. The van der Waals surface area contributed by atoms with Crippen LogP contribution in [0.4, 0.5) is 4.39 Å². The minimum atomic E-state index is -0.621. The summed E-state index contributed by atoms with van der Waals surface area (Å²) in [6.07, 6.45) is 0.933. The van der Waals surface area contributed by atoms with Crippen molar-refractivity contribution >= 4 is 28.7 Å². The second-order valence-electron chi connectivity index (χ2n) is 3.66. The van der Waals surface area contributed by atoms with Crippen LogP contribution in [0.25, 0.3) is 0 Å². The number of hydrogen-bond acceptors (Lipinski definition) is 2. The first-order chi connectivity index (χ1) is 8.18. The standard InChI is InChI=1S/C13H10ClFOS/c14-11-3-1-2-10(13(11)15)12(16)5-4-9-6-7-17-8-9/h1-3,6-8H,4-5H2. The fourth-order valence-electron chi connectivity index (χ4n) is 1.55.